The number of hydrogen-bond donors (Lipinski definition) is 3. The number of ether oxygens (including phenoxy) is 2. The van der Waals surface area contributed by atoms with E-state index >= 15 is 0 Å². The summed E-state index contributed by atoms with van der Waals surface area (Å²) in [5.41, 5.74) is 4.80. The van der Waals surface area contributed by atoms with Crippen molar-refractivity contribution in [3.63, 3.8) is 0 Å². The normalized spacial score (nSPS) is 10.8. The Morgan fingerprint density at radius 3 is 2.64 bits per heavy atom. The van der Waals surface area contributed by atoms with Crippen LogP contribution in [-0.2, 0) is 0 Å². The Bertz CT molecular complexity index is 1020. The second-order valence-electron chi connectivity index (χ2n) is 5.65. The molecule has 0 bridgehead atoms. The van der Waals surface area contributed by atoms with Crippen molar-refractivity contribution in [3.05, 3.63) is 58.2 Å². The molecule has 3 rings (SSSR count). The minimum Gasteiger partial charge on any atom is -0.503 e. The van der Waals surface area contributed by atoms with Crippen LogP contribution < -0.4 is 14.9 Å². The van der Waals surface area contributed by atoms with Crippen LogP contribution in [0.1, 0.15) is 16.1 Å². The van der Waals surface area contributed by atoms with Crippen molar-refractivity contribution < 1.29 is 19.4 Å². The molecule has 1 aromatic heterocycles. The SMILES string of the molecule is COc1ccc(-c2cc(C(=O)NN=Cc3cc(Br)c(O)c(OC)c3)[nH]n2)cc1. The number of carbonyl (C=O) groups is 1. The minimum atomic E-state index is -0.437. The third-order valence-electron chi connectivity index (χ3n) is 3.86. The van der Waals surface area contributed by atoms with Crippen LogP contribution in [0, 0.1) is 0 Å². The van der Waals surface area contributed by atoms with Crippen LogP contribution in [0.15, 0.2) is 52.0 Å². The molecule has 0 fully saturated rings. The van der Waals surface area contributed by atoms with E-state index in [-0.39, 0.29) is 11.4 Å². The van der Waals surface area contributed by atoms with Gasteiger partial charge < -0.3 is 14.6 Å². The maximum atomic E-state index is 12.2. The summed E-state index contributed by atoms with van der Waals surface area (Å²) in [6.45, 7) is 0. The number of phenols is 1. The van der Waals surface area contributed by atoms with Gasteiger partial charge in [-0.1, -0.05) is 0 Å². The lowest BCUT2D eigenvalue weighted by Gasteiger charge is -2.06. The molecule has 1 heterocycles. The summed E-state index contributed by atoms with van der Waals surface area (Å²) in [5, 5.41) is 20.6. The third kappa shape index (κ3) is 4.32. The fourth-order valence-corrected chi connectivity index (χ4v) is 2.86. The molecule has 0 atom stereocenters. The molecule has 0 unspecified atom stereocenters. The van der Waals surface area contributed by atoms with E-state index in [1.54, 1.807) is 25.3 Å². The Labute approximate surface area is 169 Å². The first-order valence-electron chi connectivity index (χ1n) is 8.11. The van der Waals surface area contributed by atoms with Gasteiger partial charge in [-0.3, -0.25) is 9.89 Å². The molecule has 0 saturated heterocycles. The van der Waals surface area contributed by atoms with E-state index in [0.717, 1.165) is 11.3 Å². The molecule has 0 radical (unpaired) electrons. The molecule has 0 aliphatic rings. The van der Waals surface area contributed by atoms with Gasteiger partial charge in [0, 0.05) is 5.56 Å². The lowest BCUT2D eigenvalue weighted by molar-refractivity contribution is 0.0950. The highest BCUT2D eigenvalue weighted by Gasteiger charge is 2.11. The molecule has 28 heavy (non-hydrogen) atoms. The van der Waals surface area contributed by atoms with Gasteiger partial charge in [-0.2, -0.15) is 10.2 Å². The zero-order valence-electron chi connectivity index (χ0n) is 15.1. The summed E-state index contributed by atoms with van der Waals surface area (Å²) >= 11 is 3.23. The summed E-state index contributed by atoms with van der Waals surface area (Å²) < 4.78 is 10.7. The van der Waals surface area contributed by atoms with Gasteiger partial charge >= 0.3 is 0 Å². The van der Waals surface area contributed by atoms with Crippen molar-refractivity contribution in [1.82, 2.24) is 15.6 Å². The number of hydrazone groups is 1. The number of nitrogens with one attached hydrogen (secondary N) is 2. The number of H-pyrrole nitrogens is 1. The van der Waals surface area contributed by atoms with Crippen molar-refractivity contribution in [2.75, 3.05) is 14.2 Å². The second kappa shape index (κ2) is 8.57. The van der Waals surface area contributed by atoms with E-state index in [2.05, 4.69) is 36.7 Å². The maximum Gasteiger partial charge on any atom is 0.289 e. The largest absolute Gasteiger partial charge is 0.503 e. The number of nitrogens with zero attached hydrogens (tertiary/aromatic N) is 2. The zero-order chi connectivity index (χ0) is 20.1. The van der Waals surface area contributed by atoms with Gasteiger partial charge in [-0.05, 0) is 64.0 Å². The zero-order valence-corrected chi connectivity index (χ0v) is 16.6. The number of methoxy groups -OCH3 is 2. The number of aromatic amines is 1. The van der Waals surface area contributed by atoms with Crippen LogP contribution in [0.4, 0.5) is 0 Å². The molecule has 0 aliphatic carbocycles. The fraction of sp³-hybridized carbons (Fsp3) is 0.105. The van der Waals surface area contributed by atoms with Gasteiger partial charge in [-0.25, -0.2) is 5.43 Å². The Morgan fingerprint density at radius 2 is 1.96 bits per heavy atom. The van der Waals surface area contributed by atoms with Crippen LogP contribution in [0.5, 0.6) is 17.2 Å². The van der Waals surface area contributed by atoms with Crippen molar-refractivity contribution in [2.45, 2.75) is 0 Å². The van der Waals surface area contributed by atoms with Gasteiger partial charge in [0.15, 0.2) is 11.5 Å². The highest BCUT2D eigenvalue weighted by molar-refractivity contribution is 9.10. The van der Waals surface area contributed by atoms with Gasteiger partial charge in [0.05, 0.1) is 30.6 Å². The summed E-state index contributed by atoms with van der Waals surface area (Å²) in [6, 6.07) is 12.2. The monoisotopic (exact) mass is 444 g/mol. The van der Waals surface area contributed by atoms with E-state index in [1.165, 1.54) is 13.3 Å². The molecule has 2 aromatic carbocycles. The predicted octanol–water partition coefficient (Wildman–Crippen LogP) is 3.33. The quantitative estimate of drug-likeness (QED) is 0.399. The molecule has 1 amide bonds. The standard InChI is InChI=1S/C19H17BrN4O4/c1-27-13-5-3-12(4-6-13)15-9-16(23-22-15)19(26)24-21-10-11-7-14(20)18(25)17(8-11)28-2/h3-10,25H,1-2H3,(H,22,23)(H,24,26). The highest BCUT2D eigenvalue weighted by Crippen LogP contribution is 2.34. The number of benzene rings is 2. The van der Waals surface area contributed by atoms with E-state index in [4.69, 9.17) is 9.47 Å². The maximum absolute atomic E-state index is 12.2. The number of aromatic nitrogens is 2. The smallest absolute Gasteiger partial charge is 0.289 e. The number of aromatic hydroxyl groups is 1. The van der Waals surface area contributed by atoms with Crippen LogP contribution in [0.25, 0.3) is 11.3 Å². The van der Waals surface area contributed by atoms with Crippen molar-refractivity contribution in [3.8, 4) is 28.5 Å². The Morgan fingerprint density at radius 1 is 1.21 bits per heavy atom. The van der Waals surface area contributed by atoms with Gasteiger partial charge in [0.1, 0.15) is 11.4 Å². The van der Waals surface area contributed by atoms with Crippen molar-refractivity contribution >= 4 is 28.1 Å². The molecule has 144 valence electrons. The summed E-state index contributed by atoms with van der Waals surface area (Å²) in [7, 11) is 3.04. The molecule has 0 spiro atoms. The topological polar surface area (TPSA) is 109 Å². The van der Waals surface area contributed by atoms with E-state index < -0.39 is 5.91 Å². The molecule has 3 N–H and O–H groups in total. The van der Waals surface area contributed by atoms with E-state index in [0.29, 0.717) is 21.5 Å². The molecule has 0 aliphatic heterocycles. The van der Waals surface area contributed by atoms with Crippen LogP contribution in [-0.4, -0.2) is 41.6 Å². The first-order chi connectivity index (χ1) is 13.5. The Balaban J connectivity index is 1.68. The molecular weight excluding hydrogens is 428 g/mol. The summed E-state index contributed by atoms with van der Waals surface area (Å²) in [5.74, 6) is 0.587. The molecule has 0 saturated carbocycles. The number of phenolic OH excluding ortho intramolecular Hbond substituents is 1. The summed E-state index contributed by atoms with van der Waals surface area (Å²) in [6.07, 6.45) is 1.44. The molecule has 9 heteroatoms. The van der Waals surface area contributed by atoms with Crippen LogP contribution in [0.3, 0.4) is 0 Å². The number of hydrogen-bond acceptors (Lipinski definition) is 6. The minimum absolute atomic E-state index is 0.00722. The number of amides is 1. The summed E-state index contributed by atoms with van der Waals surface area (Å²) in [4.78, 5) is 12.2. The Hall–Kier alpha value is -3.33. The van der Waals surface area contributed by atoms with E-state index in [1.807, 2.05) is 24.3 Å². The average Bonchev–Trinajstić information content (AvgIpc) is 3.21. The predicted molar refractivity (Wildman–Crippen MR) is 108 cm³/mol. The first kappa shape index (κ1) is 19.4. The lowest BCUT2D eigenvalue weighted by atomic mass is 10.1. The number of carbonyl (C=O) groups excluding carboxylic acids is 1. The number of rotatable bonds is 6. The second-order valence-corrected chi connectivity index (χ2v) is 6.50. The number of halogens is 1. The van der Waals surface area contributed by atoms with Crippen molar-refractivity contribution in [2.24, 2.45) is 5.10 Å². The average molecular weight is 445 g/mol. The molecule has 8 nitrogen and oxygen atoms in total. The van der Waals surface area contributed by atoms with Gasteiger partial charge in [0.25, 0.3) is 5.91 Å². The van der Waals surface area contributed by atoms with Crippen LogP contribution >= 0.6 is 15.9 Å². The lowest BCUT2D eigenvalue weighted by Crippen LogP contribution is -2.18. The highest BCUT2D eigenvalue weighted by atomic mass is 79.9. The van der Waals surface area contributed by atoms with Crippen LogP contribution in [0.2, 0.25) is 0 Å². The molecular formula is C19H17BrN4O4. The van der Waals surface area contributed by atoms with Gasteiger partial charge in [-0.15, -0.1) is 0 Å². The Kier molecular flexibility index (Phi) is 5.95. The molecule has 3 aromatic rings. The fourth-order valence-electron chi connectivity index (χ4n) is 2.40. The van der Waals surface area contributed by atoms with Crippen molar-refractivity contribution in [1.29, 1.82) is 0 Å². The first-order valence-corrected chi connectivity index (χ1v) is 8.91. The third-order valence-corrected chi connectivity index (χ3v) is 4.46. The van der Waals surface area contributed by atoms with E-state index in [9.17, 15) is 9.90 Å². The van der Waals surface area contributed by atoms with Gasteiger partial charge in [0.2, 0.25) is 0 Å².